The molecule has 0 aliphatic carbocycles. The van der Waals surface area contributed by atoms with Gasteiger partial charge in [-0.15, -0.1) is 11.3 Å². The van der Waals surface area contributed by atoms with Crippen molar-refractivity contribution in [2.45, 2.75) is 11.3 Å². The first-order chi connectivity index (χ1) is 13.8. The van der Waals surface area contributed by atoms with E-state index >= 15 is 0 Å². The minimum Gasteiger partial charge on any atom is -0.481 e. The summed E-state index contributed by atoms with van der Waals surface area (Å²) in [5.74, 6) is -1.20. The lowest BCUT2D eigenvalue weighted by molar-refractivity contribution is -0.140. The van der Waals surface area contributed by atoms with Crippen molar-refractivity contribution in [3.8, 4) is 0 Å². The van der Waals surface area contributed by atoms with Gasteiger partial charge in [0.05, 0.1) is 15.9 Å². The van der Waals surface area contributed by atoms with Crippen molar-refractivity contribution in [1.82, 2.24) is 0 Å². The van der Waals surface area contributed by atoms with Gasteiger partial charge in [-0.05, 0) is 24.6 Å². The molecule has 6 nitrogen and oxygen atoms in total. The monoisotopic (exact) mass is 470 g/mol. The summed E-state index contributed by atoms with van der Waals surface area (Å²) in [5, 5.41) is 10.8. The van der Waals surface area contributed by atoms with Crippen molar-refractivity contribution in [2.24, 2.45) is 5.92 Å². The second kappa shape index (κ2) is 7.68. The van der Waals surface area contributed by atoms with Gasteiger partial charge in [-0.1, -0.05) is 47.5 Å². The molecule has 1 aliphatic heterocycles. The van der Waals surface area contributed by atoms with Crippen LogP contribution >= 0.6 is 34.5 Å². The molecule has 1 unspecified atom stereocenters. The Morgan fingerprint density at radius 3 is 2.52 bits per heavy atom. The lowest BCUT2D eigenvalue weighted by Gasteiger charge is -2.22. The summed E-state index contributed by atoms with van der Waals surface area (Å²) in [5.41, 5.74) is 1.29. The normalized spacial score (nSPS) is 17.0. The van der Waals surface area contributed by atoms with Gasteiger partial charge >= 0.3 is 5.97 Å². The fraction of sp³-hybridized carbons (Fsp3) is 0.211. The number of nitrogens with one attached hydrogen (secondary N) is 1. The number of aliphatic carboxylic acids is 1. The Hall–Kier alpha value is -2.00. The van der Waals surface area contributed by atoms with Gasteiger partial charge in [0.2, 0.25) is 0 Å². The van der Waals surface area contributed by atoms with E-state index in [-0.39, 0.29) is 13.6 Å². The van der Waals surface area contributed by atoms with Gasteiger partial charge in [0, 0.05) is 29.5 Å². The first kappa shape index (κ1) is 20.3. The Kier molecular flexibility index (Phi) is 5.37. The van der Waals surface area contributed by atoms with E-state index in [0.717, 1.165) is 22.4 Å². The van der Waals surface area contributed by atoms with Crippen LogP contribution in [0.4, 0.5) is 11.4 Å². The van der Waals surface area contributed by atoms with Gasteiger partial charge in [-0.25, -0.2) is 8.42 Å². The topological polar surface area (TPSA) is 86.7 Å². The molecule has 1 atom stereocenters. The fourth-order valence-corrected chi connectivity index (χ4v) is 6.77. The van der Waals surface area contributed by atoms with Crippen molar-refractivity contribution in [3.63, 3.8) is 0 Å². The van der Waals surface area contributed by atoms with Gasteiger partial charge in [0.25, 0.3) is 10.0 Å². The first-order valence-electron chi connectivity index (χ1n) is 8.73. The zero-order valence-electron chi connectivity index (χ0n) is 14.9. The van der Waals surface area contributed by atoms with E-state index in [2.05, 4.69) is 4.72 Å². The Morgan fingerprint density at radius 2 is 1.90 bits per heavy atom. The lowest BCUT2D eigenvalue weighted by atomic mass is 10.1. The smallest absolute Gasteiger partial charge is 0.308 e. The molecule has 1 saturated heterocycles. The van der Waals surface area contributed by atoms with Gasteiger partial charge in [0.1, 0.15) is 9.23 Å². The zero-order valence-corrected chi connectivity index (χ0v) is 18.1. The van der Waals surface area contributed by atoms with E-state index in [9.17, 15) is 18.3 Å². The lowest BCUT2D eigenvalue weighted by Crippen LogP contribution is -2.23. The maximum atomic E-state index is 12.8. The van der Waals surface area contributed by atoms with Crippen LogP contribution in [0, 0.1) is 5.92 Å². The third-order valence-electron chi connectivity index (χ3n) is 4.94. The molecular formula is C19H16Cl2N2O4S2. The summed E-state index contributed by atoms with van der Waals surface area (Å²) in [7, 11) is -3.91. The molecule has 0 radical (unpaired) electrons. The first-order valence-corrected chi connectivity index (χ1v) is 11.8. The third-order valence-corrected chi connectivity index (χ3v) is 8.06. The summed E-state index contributed by atoms with van der Waals surface area (Å²) in [4.78, 5) is 13.3. The van der Waals surface area contributed by atoms with Gasteiger partial charge in [0.15, 0.2) is 0 Å². The number of thiophene rings is 1. The van der Waals surface area contributed by atoms with Crippen molar-refractivity contribution >= 4 is 72.7 Å². The van der Waals surface area contributed by atoms with Crippen LogP contribution < -0.4 is 9.62 Å². The standard InChI is InChI=1S/C19H16Cl2N2O4S2/c20-17-9-16(18(21)28-17)29(26,27)22-14-5-6-15(13-4-2-1-3-12(13)14)23-8-7-11(10-23)19(24)25/h1-6,9,11,22H,7-8,10H2,(H,24,25). The van der Waals surface area contributed by atoms with Crippen LogP contribution in [0.15, 0.2) is 47.4 Å². The van der Waals surface area contributed by atoms with Crippen LogP contribution in [0.25, 0.3) is 10.8 Å². The molecule has 2 heterocycles. The van der Waals surface area contributed by atoms with E-state index in [4.69, 9.17) is 23.2 Å². The van der Waals surface area contributed by atoms with Crippen LogP contribution in [0.5, 0.6) is 0 Å². The zero-order chi connectivity index (χ0) is 20.8. The molecule has 0 saturated carbocycles. The van der Waals surface area contributed by atoms with Crippen LogP contribution in [-0.4, -0.2) is 32.6 Å². The highest BCUT2D eigenvalue weighted by molar-refractivity contribution is 7.93. The predicted molar refractivity (Wildman–Crippen MR) is 117 cm³/mol. The van der Waals surface area contributed by atoms with Crippen LogP contribution in [0.1, 0.15) is 6.42 Å². The molecule has 1 aliphatic rings. The minimum absolute atomic E-state index is 0.0637. The molecule has 3 aromatic rings. The van der Waals surface area contributed by atoms with Gasteiger partial charge in [-0.2, -0.15) is 0 Å². The molecule has 0 spiro atoms. The van der Waals surface area contributed by atoms with E-state index in [0.29, 0.717) is 30.6 Å². The molecule has 1 fully saturated rings. The number of hydrogen-bond donors (Lipinski definition) is 2. The number of rotatable bonds is 5. The number of benzene rings is 2. The third kappa shape index (κ3) is 3.90. The average molecular weight is 471 g/mol. The highest BCUT2D eigenvalue weighted by atomic mass is 35.5. The molecule has 29 heavy (non-hydrogen) atoms. The number of carboxylic acid groups (broad SMARTS) is 1. The maximum Gasteiger partial charge on any atom is 0.308 e. The van der Waals surface area contributed by atoms with Gasteiger partial charge in [-0.3, -0.25) is 9.52 Å². The molecule has 2 aromatic carbocycles. The van der Waals surface area contributed by atoms with Crippen molar-refractivity contribution in [1.29, 1.82) is 0 Å². The molecular weight excluding hydrogens is 455 g/mol. The van der Waals surface area contributed by atoms with Crippen molar-refractivity contribution in [3.05, 3.63) is 51.1 Å². The number of nitrogens with zero attached hydrogens (tertiary/aromatic N) is 1. The van der Waals surface area contributed by atoms with Crippen LogP contribution in [-0.2, 0) is 14.8 Å². The molecule has 10 heteroatoms. The quantitative estimate of drug-likeness (QED) is 0.552. The van der Waals surface area contributed by atoms with E-state index in [1.54, 1.807) is 6.07 Å². The summed E-state index contributed by atoms with van der Waals surface area (Å²) >= 11 is 12.9. The fourth-order valence-electron chi connectivity index (χ4n) is 3.54. The number of sulfonamides is 1. The minimum atomic E-state index is -3.91. The molecule has 4 rings (SSSR count). The largest absolute Gasteiger partial charge is 0.481 e. The highest BCUT2D eigenvalue weighted by Crippen LogP contribution is 2.38. The highest BCUT2D eigenvalue weighted by Gasteiger charge is 2.29. The Balaban J connectivity index is 1.73. The molecule has 0 amide bonds. The second-order valence-electron chi connectivity index (χ2n) is 6.74. The van der Waals surface area contributed by atoms with E-state index < -0.39 is 21.9 Å². The van der Waals surface area contributed by atoms with E-state index in [1.807, 2.05) is 35.2 Å². The van der Waals surface area contributed by atoms with Gasteiger partial charge < -0.3 is 10.0 Å². The number of anilines is 2. The van der Waals surface area contributed by atoms with Crippen LogP contribution in [0.2, 0.25) is 8.67 Å². The number of hydrogen-bond acceptors (Lipinski definition) is 5. The average Bonchev–Trinajstić information content (AvgIpc) is 3.29. The summed E-state index contributed by atoms with van der Waals surface area (Å²) in [6.45, 7) is 1.06. The number of carbonyl (C=O) groups is 1. The maximum absolute atomic E-state index is 12.8. The Bertz CT molecular complexity index is 1210. The molecule has 1 aromatic heterocycles. The summed E-state index contributed by atoms with van der Waals surface area (Å²) < 4.78 is 28.6. The van der Waals surface area contributed by atoms with Crippen molar-refractivity contribution < 1.29 is 18.3 Å². The van der Waals surface area contributed by atoms with E-state index in [1.165, 1.54) is 6.07 Å². The SMILES string of the molecule is O=C(O)C1CCN(c2ccc(NS(=O)(=O)c3cc(Cl)sc3Cl)c3ccccc23)C1. The summed E-state index contributed by atoms with van der Waals surface area (Å²) in [6.07, 6.45) is 0.579. The van der Waals surface area contributed by atoms with Crippen LogP contribution in [0.3, 0.4) is 0 Å². The number of carboxylic acids is 1. The second-order valence-corrected chi connectivity index (χ2v) is 10.7. The number of halogens is 2. The Morgan fingerprint density at radius 1 is 1.17 bits per heavy atom. The number of fused-ring (bicyclic) bond motifs is 1. The molecule has 152 valence electrons. The molecule has 0 bridgehead atoms. The van der Waals surface area contributed by atoms with Crippen molar-refractivity contribution in [2.75, 3.05) is 22.7 Å². The summed E-state index contributed by atoms with van der Waals surface area (Å²) in [6, 6.07) is 12.2. The Labute approximate surface area is 181 Å². The molecule has 2 N–H and O–H groups in total. The predicted octanol–water partition coefficient (Wildman–Crippen LogP) is 4.92.